The van der Waals surface area contributed by atoms with Crippen LogP contribution in [0.25, 0.3) is 0 Å². The number of nitrogens with one attached hydrogen (secondary N) is 1. The third-order valence-electron chi connectivity index (χ3n) is 0. The van der Waals surface area contributed by atoms with Crippen LogP contribution in [0, 0.1) is 0 Å². The summed E-state index contributed by atoms with van der Waals surface area (Å²) in [6.07, 6.45) is 0. The van der Waals surface area contributed by atoms with Crippen LogP contribution in [0.3, 0.4) is 0 Å². The first-order valence-corrected chi connectivity index (χ1v) is 2.22. The van der Waals surface area contributed by atoms with Gasteiger partial charge in [0.25, 0.3) is 0 Å². The Morgan fingerprint density at radius 1 is 1.80 bits per heavy atom. The van der Waals surface area contributed by atoms with E-state index < -0.39 is 0 Å². The molecule has 0 saturated carbocycles. The van der Waals surface area contributed by atoms with Crippen LogP contribution in [0.1, 0.15) is 1.37 Å². The van der Waals surface area contributed by atoms with Crippen molar-refractivity contribution in [1.82, 2.24) is 5.32 Å². The fourth-order valence-corrected chi connectivity index (χ4v) is 0. The van der Waals surface area contributed by atoms with Gasteiger partial charge in [-0.2, -0.15) is 0 Å². The van der Waals surface area contributed by atoms with Crippen LogP contribution in [-0.4, -0.2) is 20.7 Å². The summed E-state index contributed by atoms with van der Waals surface area (Å²) in [5.74, 6) is 0. The molecular weight excluding hydrogens is 81.0 g/mol. The highest BCUT2D eigenvalue weighted by atomic mass is 31.0. The summed E-state index contributed by atoms with van der Waals surface area (Å²) < 4.78 is 6.17. The van der Waals surface area contributed by atoms with Gasteiger partial charge < -0.3 is 5.32 Å². The first kappa shape index (κ1) is 5.39. The maximum atomic E-state index is 6.17. The van der Waals surface area contributed by atoms with E-state index in [-0.39, 0.29) is 0 Å². The van der Waals surface area contributed by atoms with Gasteiger partial charge >= 0.3 is 0 Å². The van der Waals surface area contributed by atoms with Gasteiger partial charge in [-0.05, 0) is 14.1 Å². The Balaban J connectivity index is 0. The second-order valence-electron chi connectivity index (χ2n) is 0.500. The van der Waals surface area contributed by atoms with Crippen LogP contribution in [0.5, 0.6) is 0 Å². The summed E-state index contributed by atoms with van der Waals surface area (Å²) in [7, 11) is 6.00. The smallest absolute Gasteiger partial charge is 0.0274 e. The van der Waals surface area contributed by atoms with Crippen molar-refractivity contribution in [1.29, 1.82) is 0 Å². The molecule has 0 heterocycles. The summed E-state index contributed by atoms with van der Waals surface area (Å²) in [4.78, 5) is 0. The Hall–Kier alpha value is 0.390. The molecule has 0 radical (unpaired) electrons. The SMILES string of the molecule is CNC.[3H]CP. The predicted molar refractivity (Wildman–Crippen MR) is 30.6 cm³/mol. The van der Waals surface area contributed by atoms with E-state index in [0.717, 1.165) is 0 Å². The lowest BCUT2D eigenvalue weighted by Gasteiger charge is -1.59. The molecule has 0 fully saturated rings. The average molecular weight is 95.1 g/mol. The van der Waals surface area contributed by atoms with Gasteiger partial charge in [0.1, 0.15) is 0 Å². The van der Waals surface area contributed by atoms with Gasteiger partial charge in [-0.15, -0.1) is 9.24 Å². The zero-order valence-corrected chi connectivity index (χ0v) is 4.94. The van der Waals surface area contributed by atoms with Crippen molar-refractivity contribution in [3.05, 3.63) is 0 Å². The zero-order chi connectivity index (χ0) is 5.41. The van der Waals surface area contributed by atoms with Gasteiger partial charge in [0.05, 0.1) is 0 Å². The molecule has 0 rings (SSSR count). The van der Waals surface area contributed by atoms with E-state index in [4.69, 9.17) is 1.37 Å². The van der Waals surface area contributed by atoms with Crippen molar-refractivity contribution in [2.24, 2.45) is 0 Å². The van der Waals surface area contributed by atoms with E-state index in [1.165, 1.54) is 0 Å². The molecule has 0 aliphatic rings. The van der Waals surface area contributed by atoms with Gasteiger partial charge in [-0.3, -0.25) is 0 Å². The molecule has 0 aromatic rings. The zero-order valence-electron chi connectivity index (χ0n) is 4.78. The third-order valence-corrected chi connectivity index (χ3v) is 0. The Morgan fingerprint density at radius 3 is 1.80 bits per heavy atom. The van der Waals surface area contributed by atoms with Crippen molar-refractivity contribution >= 4 is 9.24 Å². The van der Waals surface area contributed by atoms with Crippen LogP contribution < -0.4 is 5.32 Å². The van der Waals surface area contributed by atoms with Crippen molar-refractivity contribution in [2.45, 2.75) is 0 Å². The highest BCUT2D eigenvalue weighted by Crippen LogP contribution is 1.46. The predicted octanol–water partition coefficient (Wildman–Crippen LogP) is 0.327. The quantitative estimate of drug-likeness (QED) is 0.427. The van der Waals surface area contributed by atoms with Gasteiger partial charge in [0.15, 0.2) is 0 Å². The Kier molecular flexibility index (Phi) is 28.1. The standard InChI is InChI=1S/C2H7N.CH5P/c1-3-2;1-2/h3H,1-2H3;2H2,1H3/i;1T. The normalized spacial score (nSPS) is 7.40. The molecule has 0 aliphatic carbocycles. The highest BCUT2D eigenvalue weighted by molar-refractivity contribution is 7.15. The molecule has 5 heavy (non-hydrogen) atoms. The second kappa shape index (κ2) is 26.1. The molecule has 1 N–H and O–H groups in total. The Morgan fingerprint density at radius 2 is 1.80 bits per heavy atom. The average Bonchev–Trinajstić information content (AvgIpc) is 1.39. The molecule has 0 saturated heterocycles. The van der Waals surface area contributed by atoms with Crippen molar-refractivity contribution < 1.29 is 1.37 Å². The molecule has 0 spiro atoms. The number of rotatable bonds is 0. The van der Waals surface area contributed by atoms with E-state index in [2.05, 4.69) is 14.6 Å². The van der Waals surface area contributed by atoms with E-state index >= 15 is 0 Å². The first-order chi connectivity index (χ1) is 2.83. The lowest BCUT2D eigenvalue weighted by atomic mass is 11.3. The van der Waals surface area contributed by atoms with Crippen LogP contribution in [-0.2, 0) is 0 Å². The van der Waals surface area contributed by atoms with Crippen LogP contribution in [0.4, 0.5) is 0 Å². The van der Waals surface area contributed by atoms with E-state index in [1.54, 1.807) is 0 Å². The lowest BCUT2D eigenvalue weighted by molar-refractivity contribution is 1.02. The molecule has 34 valence electrons. The fourth-order valence-electron chi connectivity index (χ4n) is 0. The first-order valence-electron chi connectivity index (χ1n) is 2.12. The van der Waals surface area contributed by atoms with Gasteiger partial charge in [0.2, 0.25) is 0 Å². The molecule has 0 bridgehead atoms. The fraction of sp³-hybridized carbons (Fsp3) is 1.00. The minimum absolute atomic E-state index is 0.417. The van der Waals surface area contributed by atoms with Gasteiger partial charge in [-0.1, -0.05) is 6.64 Å². The Bertz CT molecular complexity index is 12.8. The van der Waals surface area contributed by atoms with Crippen LogP contribution in [0.2, 0.25) is 0 Å². The van der Waals surface area contributed by atoms with Crippen LogP contribution in [0.15, 0.2) is 0 Å². The highest BCUT2D eigenvalue weighted by Gasteiger charge is 1.25. The van der Waals surface area contributed by atoms with Gasteiger partial charge in [-0.25, -0.2) is 0 Å². The van der Waals surface area contributed by atoms with E-state index in [0.29, 0.717) is 6.64 Å². The summed E-state index contributed by atoms with van der Waals surface area (Å²) in [6.45, 7) is 0.417. The maximum absolute atomic E-state index is 6.17. The molecule has 0 aromatic carbocycles. The van der Waals surface area contributed by atoms with Crippen molar-refractivity contribution in [2.75, 3.05) is 20.7 Å². The van der Waals surface area contributed by atoms with Gasteiger partial charge in [0, 0.05) is 1.37 Å². The summed E-state index contributed by atoms with van der Waals surface area (Å²) >= 11 is 0. The minimum atomic E-state index is 0.417. The third kappa shape index (κ3) is 165. The molecule has 1 unspecified atom stereocenters. The summed E-state index contributed by atoms with van der Waals surface area (Å²) in [5.41, 5.74) is 0. The summed E-state index contributed by atoms with van der Waals surface area (Å²) in [6, 6.07) is 0. The molecule has 0 aromatic heterocycles. The second-order valence-corrected chi connectivity index (χ2v) is 0.500. The lowest BCUT2D eigenvalue weighted by Crippen LogP contribution is -1.89. The Labute approximate surface area is 37.8 Å². The number of hydrogen-bond acceptors (Lipinski definition) is 1. The monoisotopic (exact) mass is 95.1 g/mol. The van der Waals surface area contributed by atoms with E-state index in [1.807, 2.05) is 14.1 Å². The number of hydrogen-bond donors (Lipinski definition) is 1. The topological polar surface area (TPSA) is 12.0 Å². The minimum Gasteiger partial charge on any atom is -0.323 e. The largest absolute Gasteiger partial charge is 0.323 e. The summed E-state index contributed by atoms with van der Waals surface area (Å²) in [5, 5.41) is 2.75. The van der Waals surface area contributed by atoms with Crippen molar-refractivity contribution in [3.8, 4) is 0 Å². The molecule has 0 aliphatic heterocycles. The molecule has 1 atom stereocenters. The molecule has 2 heteroatoms. The molecular formula is C3H12NP. The molecule has 0 amide bonds. The van der Waals surface area contributed by atoms with Crippen molar-refractivity contribution in [3.63, 3.8) is 0 Å². The van der Waals surface area contributed by atoms with Crippen LogP contribution >= 0.6 is 9.24 Å². The van der Waals surface area contributed by atoms with E-state index in [9.17, 15) is 0 Å². The molecule has 1 nitrogen and oxygen atoms in total. The maximum Gasteiger partial charge on any atom is 0.0274 e.